The van der Waals surface area contributed by atoms with Crippen molar-refractivity contribution < 1.29 is 14.0 Å². The Morgan fingerprint density at radius 2 is 1.93 bits per heavy atom. The number of benzene rings is 1. The van der Waals surface area contributed by atoms with Crippen molar-refractivity contribution in [1.29, 1.82) is 0 Å². The third kappa shape index (κ3) is 3.88. The summed E-state index contributed by atoms with van der Waals surface area (Å²) >= 11 is 0. The number of aromatic nitrogens is 1. The molecule has 1 aromatic carbocycles. The largest absolute Gasteiger partial charge is 0.423 e. The average Bonchev–Trinajstić information content (AvgIpc) is 3.23. The molecule has 4 heterocycles. The molecule has 1 N–H and O–H groups in total. The molecule has 0 saturated carbocycles. The highest BCUT2D eigenvalue weighted by molar-refractivity contribution is 5.87. The van der Waals surface area contributed by atoms with Gasteiger partial charge < -0.3 is 19.5 Å². The van der Waals surface area contributed by atoms with Crippen LogP contribution in [0.4, 0.5) is 6.01 Å². The van der Waals surface area contributed by atoms with Gasteiger partial charge in [-0.1, -0.05) is 12.1 Å². The molecule has 8 nitrogen and oxygen atoms in total. The molecular weight excluding hydrogens is 382 g/mol. The third-order valence-corrected chi connectivity index (χ3v) is 6.69. The van der Waals surface area contributed by atoms with Crippen molar-refractivity contribution in [3.63, 3.8) is 0 Å². The highest BCUT2D eigenvalue weighted by atomic mass is 16.4. The average molecular weight is 412 g/mol. The maximum absolute atomic E-state index is 12.9. The molecule has 160 valence electrons. The van der Waals surface area contributed by atoms with Crippen molar-refractivity contribution in [3.05, 3.63) is 24.3 Å². The van der Waals surface area contributed by atoms with Gasteiger partial charge in [-0.15, -0.1) is 0 Å². The lowest BCUT2D eigenvalue weighted by Crippen LogP contribution is -2.55. The number of hydrogen-bond acceptors (Lipinski definition) is 6. The molecule has 0 spiro atoms. The zero-order chi connectivity index (χ0) is 20.5. The Balaban J connectivity index is 1.17. The van der Waals surface area contributed by atoms with Gasteiger partial charge in [0, 0.05) is 38.8 Å². The summed E-state index contributed by atoms with van der Waals surface area (Å²) in [6.45, 7) is 5.09. The minimum absolute atomic E-state index is 0.0136. The van der Waals surface area contributed by atoms with E-state index in [0.717, 1.165) is 63.0 Å². The first kappa shape index (κ1) is 19.4. The molecule has 3 aliphatic heterocycles. The van der Waals surface area contributed by atoms with Crippen molar-refractivity contribution in [2.24, 2.45) is 5.92 Å². The summed E-state index contributed by atoms with van der Waals surface area (Å²) in [5.41, 5.74) is 1.73. The van der Waals surface area contributed by atoms with Crippen molar-refractivity contribution in [3.8, 4) is 0 Å². The second-order valence-electron chi connectivity index (χ2n) is 8.63. The number of carbonyl (C=O) groups excluding carboxylic acids is 2. The molecule has 3 saturated heterocycles. The lowest BCUT2D eigenvalue weighted by Gasteiger charge is -2.42. The molecule has 2 aromatic rings. The van der Waals surface area contributed by atoms with Crippen LogP contribution in [0.5, 0.6) is 0 Å². The first-order chi connectivity index (χ1) is 14.7. The lowest BCUT2D eigenvalue weighted by atomic mass is 9.92. The Bertz CT molecular complexity index is 887. The Hall–Kier alpha value is -2.61. The van der Waals surface area contributed by atoms with E-state index in [2.05, 4.69) is 20.1 Å². The summed E-state index contributed by atoms with van der Waals surface area (Å²) in [5.74, 6) is 0.118. The number of para-hydroxylation sites is 2. The van der Waals surface area contributed by atoms with Crippen LogP contribution >= 0.6 is 0 Å². The number of piperazine rings is 1. The molecular formula is C22H29N5O3. The second kappa shape index (κ2) is 8.26. The number of hydrogen-bond donors (Lipinski definition) is 1. The molecule has 0 radical (unpaired) electrons. The first-order valence-corrected chi connectivity index (χ1v) is 11.1. The summed E-state index contributed by atoms with van der Waals surface area (Å²) in [4.78, 5) is 35.7. The van der Waals surface area contributed by atoms with Gasteiger partial charge in [0.05, 0.1) is 12.5 Å². The molecule has 0 aliphatic carbocycles. The molecule has 1 atom stereocenters. The molecule has 1 aromatic heterocycles. The number of anilines is 1. The van der Waals surface area contributed by atoms with Crippen molar-refractivity contribution in [2.45, 2.75) is 31.7 Å². The van der Waals surface area contributed by atoms with E-state index in [9.17, 15) is 9.59 Å². The minimum atomic E-state index is -0.0474. The highest BCUT2D eigenvalue weighted by Gasteiger charge is 2.35. The van der Waals surface area contributed by atoms with E-state index < -0.39 is 0 Å². The van der Waals surface area contributed by atoms with Crippen molar-refractivity contribution in [2.75, 3.05) is 50.7 Å². The predicted molar refractivity (Wildman–Crippen MR) is 113 cm³/mol. The topological polar surface area (TPSA) is 81.9 Å². The Labute approximate surface area is 176 Å². The van der Waals surface area contributed by atoms with E-state index in [-0.39, 0.29) is 24.3 Å². The number of likely N-dealkylation sites (tertiary alicyclic amines) is 1. The van der Waals surface area contributed by atoms with Gasteiger partial charge in [-0.05, 0) is 44.4 Å². The van der Waals surface area contributed by atoms with Crippen LogP contribution < -0.4 is 10.2 Å². The van der Waals surface area contributed by atoms with Crippen LogP contribution in [0.15, 0.2) is 28.7 Å². The van der Waals surface area contributed by atoms with E-state index in [1.165, 1.54) is 0 Å². The molecule has 8 heteroatoms. The minimum Gasteiger partial charge on any atom is -0.423 e. The standard InChI is InChI=1S/C22H29N5O3/c28-20-15-27(13-9-23-20)21(29)16-4-3-10-26(14-16)17-7-11-25(12-8-17)22-24-18-5-1-2-6-19(18)30-22/h1-2,5-6,16-17H,3-4,7-15H2,(H,23,28)/t16-/m1/s1. The SMILES string of the molecule is O=C1CN(C(=O)[C@@H]2CCCN(C3CCN(c4nc5ccccc5o4)CC3)C2)CCN1. The summed E-state index contributed by atoms with van der Waals surface area (Å²) < 4.78 is 5.93. The van der Waals surface area contributed by atoms with E-state index in [0.29, 0.717) is 25.1 Å². The number of fused-ring (bicyclic) bond motifs is 1. The number of carbonyl (C=O) groups is 2. The summed E-state index contributed by atoms with van der Waals surface area (Å²) in [6, 6.07) is 9.08. The van der Waals surface area contributed by atoms with Crippen LogP contribution in [0.25, 0.3) is 11.1 Å². The van der Waals surface area contributed by atoms with Crippen LogP contribution in [0.1, 0.15) is 25.7 Å². The second-order valence-corrected chi connectivity index (χ2v) is 8.63. The van der Waals surface area contributed by atoms with Gasteiger partial charge in [0.1, 0.15) is 5.52 Å². The Kier molecular flexibility index (Phi) is 5.33. The fourth-order valence-corrected chi connectivity index (χ4v) is 5.04. The smallest absolute Gasteiger partial charge is 0.298 e. The Morgan fingerprint density at radius 1 is 1.10 bits per heavy atom. The van der Waals surface area contributed by atoms with Crippen LogP contribution in [-0.4, -0.2) is 78.5 Å². The number of nitrogens with one attached hydrogen (secondary N) is 1. The van der Waals surface area contributed by atoms with E-state index in [1.807, 2.05) is 24.3 Å². The fraction of sp³-hybridized carbons (Fsp3) is 0.591. The number of rotatable bonds is 3. The van der Waals surface area contributed by atoms with Gasteiger partial charge in [-0.2, -0.15) is 4.98 Å². The number of piperidine rings is 2. The van der Waals surface area contributed by atoms with Gasteiger partial charge in [-0.25, -0.2) is 0 Å². The zero-order valence-electron chi connectivity index (χ0n) is 17.3. The fourth-order valence-electron chi connectivity index (χ4n) is 5.04. The summed E-state index contributed by atoms with van der Waals surface area (Å²) in [7, 11) is 0. The van der Waals surface area contributed by atoms with E-state index >= 15 is 0 Å². The third-order valence-electron chi connectivity index (χ3n) is 6.69. The number of oxazole rings is 1. The predicted octanol–water partition coefficient (Wildman–Crippen LogP) is 1.47. The maximum atomic E-state index is 12.9. The van der Waals surface area contributed by atoms with Crippen LogP contribution in [0.3, 0.4) is 0 Å². The van der Waals surface area contributed by atoms with Crippen LogP contribution in [0, 0.1) is 5.92 Å². The van der Waals surface area contributed by atoms with Crippen molar-refractivity contribution in [1.82, 2.24) is 20.1 Å². The first-order valence-electron chi connectivity index (χ1n) is 11.1. The summed E-state index contributed by atoms with van der Waals surface area (Å²) in [6.07, 6.45) is 4.06. The lowest BCUT2D eigenvalue weighted by molar-refractivity contribution is -0.143. The monoisotopic (exact) mass is 411 g/mol. The van der Waals surface area contributed by atoms with Crippen LogP contribution in [0.2, 0.25) is 0 Å². The molecule has 0 unspecified atom stereocenters. The molecule has 2 amide bonds. The highest BCUT2D eigenvalue weighted by Crippen LogP contribution is 2.28. The van der Waals surface area contributed by atoms with Gasteiger partial charge in [0.15, 0.2) is 5.58 Å². The van der Waals surface area contributed by atoms with E-state index in [4.69, 9.17) is 4.42 Å². The van der Waals surface area contributed by atoms with Gasteiger partial charge in [0.25, 0.3) is 6.01 Å². The molecule has 3 fully saturated rings. The number of amides is 2. The quantitative estimate of drug-likeness (QED) is 0.824. The van der Waals surface area contributed by atoms with Gasteiger partial charge >= 0.3 is 0 Å². The molecule has 5 rings (SSSR count). The molecule has 30 heavy (non-hydrogen) atoms. The normalized spacial score (nSPS) is 24.3. The van der Waals surface area contributed by atoms with Gasteiger partial charge in [0.2, 0.25) is 11.8 Å². The Morgan fingerprint density at radius 3 is 2.73 bits per heavy atom. The maximum Gasteiger partial charge on any atom is 0.298 e. The zero-order valence-corrected chi connectivity index (χ0v) is 17.3. The van der Waals surface area contributed by atoms with Gasteiger partial charge in [-0.3, -0.25) is 14.5 Å². The van der Waals surface area contributed by atoms with E-state index in [1.54, 1.807) is 4.90 Å². The van der Waals surface area contributed by atoms with Crippen molar-refractivity contribution >= 4 is 28.9 Å². The number of nitrogens with zero attached hydrogens (tertiary/aromatic N) is 4. The molecule has 0 bridgehead atoms. The molecule has 3 aliphatic rings. The summed E-state index contributed by atoms with van der Waals surface area (Å²) in [5, 5.41) is 2.80. The van der Waals surface area contributed by atoms with Crippen LogP contribution in [-0.2, 0) is 9.59 Å².